The third-order valence-corrected chi connectivity index (χ3v) is 5.63. The zero-order valence-corrected chi connectivity index (χ0v) is 18.4. The number of rotatable bonds is 7. The number of carbonyl (C=O) groups excluding carboxylic acids is 1. The maximum absolute atomic E-state index is 13.2. The second kappa shape index (κ2) is 9.03. The summed E-state index contributed by atoms with van der Waals surface area (Å²) in [6.45, 7) is 0.458. The summed E-state index contributed by atoms with van der Waals surface area (Å²) in [5, 5.41) is 9.35. The molecule has 0 bridgehead atoms. The maximum atomic E-state index is 13.2. The lowest BCUT2D eigenvalue weighted by molar-refractivity contribution is -0.165. The molecular formula is C26H25N3O3. The number of hydrogen-bond donors (Lipinski definition) is 0. The van der Waals surface area contributed by atoms with E-state index in [1.165, 1.54) is 0 Å². The molecule has 6 nitrogen and oxygen atoms in total. The van der Waals surface area contributed by atoms with Crippen LogP contribution in [0, 0.1) is 11.3 Å². The van der Waals surface area contributed by atoms with Gasteiger partial charge in [-0.15, -0.1) is 0 Å². The zero-order chi connectivity index (χ0) is 22.7. The van der Waals surface area contributed by atoms with E-state index < -0.39 is 6.10 Å². The van der Waals surface area contributed by atoms with Crippen molar-refractivity contribution in [2.24, 2.45) is 0 Å². The van der Waals surface area contributed by atoms with Gasteiger partial charge in [-0.25, -0.2) is 0 Å². The highest BCUT2D eigenvalue weighted by Gasteiger charge is 2.50. The number of benzene rings is 3. The summed E-state index contributed by atoms with van der Waals surface area (Å²) in [7, 11) is 5.56. The molecular weight excluding hydrogens is 402 g/mol. The highest BCUT2D eigenvalue weighted by Crippen LogP contribution is 2.41. The van der Waals surface area contributed by atoms with Crippen molar-refractivity contribution in [1.82, 2.24) is 4.90 Å². The molecule has 0 N–H and O–H groups in total. The van der Waals surface area contributed by atoms with Crippen LogP contribution in [0.1, 0.15) is 22.7 Å². The summed E-state index contributed by atoms with van der Waals surface area (Å²) < 4.78 is 11.5. The fraction of sp³-hybridized carbons (Fsp3) is 0.231. The van der Waals surface area contributed by atoms with Crippen molar-refractivity contribution in [2.45, 2.75) is 18.7 Å². The summed E-state index contributed by atoms with van der Waals surface area (Å²) in [5.74, 6) is 0.993. The van der Waals surface area contributed by atoms with Crippen molar-refractivity contribution >= 4 is 11.6 Å². The number of nitrogens with zero attached hydrogens (tertiary/aromatic N) is 3. The summed E-state index contributed by atoms with van der Waals surface area (Å²) in [4.78, 5) is 17.0. The van der Waals surface area contributed by atoms with Crippen LogP contribution in [0.15, 0.2) is 72.8 Å². The molecule has 0 unspecified atom stereocenters. The molecule has 0 aromatic heterocycles. The second-order valence-corrected chi connectivity index (χ2v) is 7.90. The highest BCUT2D eigenvalue weighted by molar-refractivity contribution is 5.89. The van der Waals surface area contributed by atoms with Gasteiger partial charge in [0, 0.05) is 26.3 Å². The molecule has 1 aliphatic rings. The fourth-order valence-corrected chi connectivity index (χ4v) is 3.90. The molecule has 3 aromatic carbocycles. The Morgan fingerprint density at radius 3 is 2.38 bits per heavy atom. The fourth-order valence-electron chi connectivity index (χ4n) is 3.90. The number of methoxy groups -OCH3 is 1. The molecule has 3 aromatic rings. The van der Waals surface area contributed by atoms with Crippen molar-refractivity contribution in [3.05, 3.63) is 89.5 Å². The second-order valence-electron chi connectivity index (χ2n) is 7.90. The maximum Gasteiger partial charge on any atom is 0.267 e. The predicted octanol–water partition coefficient (Wildman–Crippen LogP) is 4.16. The molecule has 2 atom stereocenters. The summed E-state index contributed by atoms with van der Waals surface area (Å²) in [6.07, 6.45) is -0.693. The van der Waals surface area contributed by atoms with Crippen LogP contribution in [0.2, 0.25) is 0 Å². The van der Waals surface area contributed by atoms with E-state index in [-0.39, 0.29) is 11.9 Å². The van der Waals surface area contributed by atoms with Crippen LogP contribution in [-0.2, 0) is 11.3 Å². The first-order chi connectivity index (χ1) is 15.5. The van der Waals surface area contributed by atoms with Gasteiger partial charge in [-0.1, -0.05) is 36.4 Å². The van der Waals surface area contributed by atoms with Crippen molar-refractivity contribution < 1.29 is 14.3 Å². The normalized spacial score (nSPS) is 17.3. The lowest BCUT2D eigenvalue weighted by atomic mass is 9.89. The molecule has 1 amide bonds. The molecule has 4 rings (SSSR count). The minimum absolute atomic E-state index is 0.0973. The summed E-state index contributed by atoms with van der Waals surface area (Å²) >= 11 is 0. The van der Waals surface area contributed by atoms with Gasteiger partial charge < -0.3 is 19.3 Å². The number of ether oxygens (including phenoxy) is 2. The van der Waals surface area contributed by atoms with E-state index in [0.717, 1.165) is 16.8 Å². The number of anilines is 1. The average Bonchev–Trinajstić information content (AvgIpc) is 2.83. The number of likely N-dealkylation sites (tertiary alicyclic amines) is 1. The molecule has 162 valence electrons. The molecule has 1 fully saturated rings. The van der Waals surface area contributed by atoms with Crippen LogP contribution in [0.4, 0.5) is 5.69 Å². The molecule has 1 aliphatic heterocycles. The van der Waals surface area contributed by atoms with Crippen LogP contribution < -0.4 is 14.4 Å². The van der Waals surface area contributed by atoms with Crippen molar-refractivity contribution in [1.29, 1.82) is 5.26 Å². The lowest BCUT2D eigenvalue weighted by Crippen LogP contribution is -2.60. The van der Waals surface area contributed by atoms with Crippen LogP contribution in [0.3, 0.4) is 0 Å². The van der Waals surface area contributed by atoms with Crippen LogP contribution in [0.25, 0.3) is 0 Å². The Kier molecular flexibility index (Phi) is 6.00. The molecule has 0 spiro atoms. The third kappa shape index (κ3) is 4.10. The monoisotopic (exact) mass is 427 g/mol. The summed E-state index contributed by atoms with van der Waals surface area (Å²) in [6, 6.07) is 24.6. The Morgan fingerprint density at radius 1 is 1.00 bits per heavy atom. The molecule has 0 saturated carbocycles. The molecule has 6 heteroatoms. The molecule has 1 saturated heterocycles. The van der Waals surface area contributed by atoms with E-state index >= 15 is 0 Å². The Morgan fingerprint density at radius 2 is 1.72 bits per heavy atom. The van der Waals surface area contributed by atoms with Gasteiger partial charge in [0.25, 0.3) is 5.91 Å². The summed E-state index contributed by atoms with van der Waals surface area (Å²) in [5.41, 5.74) is 3.54. The van der Waals surface area contributed by atoms with Crippen LogP contribution >= 0.6 is 0 Å². The SMILES string of the molecule is COc1ccccc1O[C@H]1C(=O)N(Cc2ccc(N(C)C)cc2)[C@H]1c1cccc(C#N)c1. The van der Waals surface area contributed by atoms with Gasteiger partial charge in [-0.3, -0.25) is 4.79 Å². The van der Waals surface area contributed by atoms with Gasteiger partial charge in [0.05, 0.1) is 18.7 Å². The molecule has 32 heavy (non-hydrogen) atoms. The van der Waals surface area contributed by atoms with Crippen LogP contribution in [-0.4, -0.2) is 38.1 Å². The van der Waals surface area contributed by atoms with Gasteiger partial charge in [0.15, 0.2) is 11.5 Å². The predicted molar refractivity (Wildman–Crippen MR) is 123 cm³/mol. The average molecular weight is 428 g/mol. The number of para-hydroxylation sites is 2. The van der Waals surface area contributed by atoms with Crippen molar-refractivity contribution in [2.75, 3.05) is 26.1 Å². The van der Waals surface area contributed by atoms with E-state index in [1.807, 2.05) is 73.6 Å². The van der Waals surface area contributed by atoms with E-state index in [0.29, 0.717) is 23.6 Å². The van der Waals surface area contributed by atoms with Gasteiger partial charge >= 0.3 is 0 Å². The van der Waals surface area contributed by atoms with Gasteiger partial charge in [0.1, 0.15) is 6.04 Å². The van der Waals surface area contributed by atoms with E-state index in [4.69, 9.17) is 9.47 Å². The first-order valence-corrected chi connectivity index (χ1v) is 10.4. The first kappa shape index (κ1) is 21.3. The number of β-lactam (4-membered cyclic amide) rings is 1. The highest BCUT2D eigenvalue weighted by atomic mass is 16.5. The number of carbonyl (C=O) groups is 1. The van der Waals surface area contributed by atoms with Crippen molar-refractivity contribution in [3.8, 4) is 17.6 Å². The Labute approximate surface area is 188 Å². The van der Waals surface area contributed by atoms with Crippen LogP contribution in [0.5, 0.6) is 11.5 Å². The Hall–Kier alpha value is -3.98. The quantitative estimate of drug-likeness (QED) is 0.530. The minimum Gasteiger partial charge on any atom is -0.493 e. The number of amides is 1. The first-order valence-electron chi connectivity index (χ1n) is 10.4. The Balaban J connectivity index is 1.63. The zero-order valence-electron chi connectivity index (χ0n) is 18.4. The van der Waals surface area contributed by atoms with Gasteiger partial charge in [-0.2, -0.15) is 5.26 Å². The smallest absolute Gasteiger partial charge is 0.267 e. The van der Waals surface area contributed by atoms with Gasteiger partial charge in [0.2, 0.25) is 6.10 Å². The largest absolute Gasteiger partial charge is 0.493 e. The molecule has 0 radical (unpaired) electrons. The molecule has 0 aliphatic carbocycles. The third-order valence-electron chi connectivity index (χ3n) is 5.63. The Bertz CT molecular complexity index is 1150. The van der Waals surface area contributed by atoms with E-state index in [1.54, 1.807) is 30.2 Å². The van der Waals surface area contributed by atoms with Crippen molar-refractivity contribution in [3.63, 3.8) is 0 Å². The number of hydrogen-bond acceptors (Lipinski definition) is 5. The standard InChI is InChI=1S/C26H25N3O3/c1-28(2)21-13-11-18(12-14-21)17-29-24(20-8-6-7-19(15-20)16-27)25(26(29)30)32-23-10-5-4-9-22(23)31-3/h4-15,24-25H,17H2,1-3H3/t24-,25+/m0/s1. The van der Waals surface area contributed by atoms with E-state index in [2.05, 4.69) is 6.07 Å². The molecule has 1 heterocycles. The van der Waals surface area contributed by atoms with Gasteiger partial charge in [-0.05, 0) is 47.5 Å². The minimum atomic E-state index is -0.693. The van der Waals surface area contributed by atoms with E-state index in [9.17, 15) is 10.1 Å². The topological polar surface area (TPSA) is 65.8 Å². The lowest BCUT2D eigenvalue weighted by Gasteiger charge is -2.47. The number of nitriles is 1.